The van der Waals surface area contributed by atoms with E-state index >= 15 is 0 Å². The summed E-state index contributed by atoms with van der Waals surface area (Å²) < 4.78 is 45.1. The Hall–Kier alpha value is -4.82. The van der Waals surface area contributed by atoms with Crippen LogP contribution in [0, 0.1) is 17.7 Å². The molecular formula is C27H21FN6O3S. The summed E-state index contributed by atoms with van der Waals surface area (Å²) >= 11 is 0. The van der Waals surface area contributed by atoms with Gasteiger partial charge >= 0.3 is 0 Å². The van der Waals surface area contributed by atoms with Crippen LogP contribution in [0.4, 0.5) is 4.39 Å². The van der Waals surface area contributed by atoms with Crippen LogP contribution in [0.5, 0.6) is 0 Å². The average Bonchev–Trinajstić information content (AvgIpc) is 3.56. The molecule has 5 rings (SSSR count). The number of aromatic nitrogens is 5. The second-order valence-corrected chi connectivity index (χ2v) is 10.4. The summed E-state index contributed by atoms with van der Waals surface area (Å²) in [6.07, 6.45) is 7.86. The lowest BCUT2D eigenvalue weighted by Crippen LogP contribution is -2.47. The largest absolute Gasteiger partial charge is 0.291 e. The molecule has 0 spiro atoms. The molecule has 3 aromatic heterocycles. The third-order valence-electron chi connectivity index (χ3n) is 5.85. The van der Waals surface area contributed by atoms with Gasteiger partial charge in [0.25, 0.3) is 15.9 Å². The fourth-order valence-corrected chi connectivity index (χ4v) is 5.39. The number of nitrogens with zero attached hydrogens (tertiary/aromatic N) is 5. The third-order valence-corrected chi connectivity index (χ3v) is 7.68. The second-order valence-electron chi connectivity index (χ2n) is 8.53. The molecule has 190 valence electrons. The zero-order valence-corrected chi connectivity index (χ0v) is 20.9. The number of carbonyl (C=O) groups excluding carboxylic acids is 1. The molecule has 0 aliphatic carbocycles. The molecule has 0 bridgehead atoms. The van der Waals surface area contributed by atoms with E-state index in [2.05, 4.69) is 31.6 Å². The van der Waals surface area contributed by atoms with Crippen LogP contribution in [0.1, 0.15) is 27.2 Å². The van der Waals surface area contributed by atoms with E-state index in [1.54, 1.807) is 54.4 Å². The summed E-state index contributed by atoms with van der Waals surface area (Å²) in [6, 6.07) is 14.9. The lowest BCUT2D eigenvalue weighted by molar-refractivity contribution is 0.0980. The van der Waals surface area contributed by atoms with E-state index in [1.165, 1.54) is 53.3 Å². The molecule has 9 nitrogen and oxygen atoms in total. The van der Waals surface area contributed by atoms with Gasteiger partial charge in [-0.25, -0.2) is 27.5 Å². The highest BCUT2D eigenvalue weighted by atomic mass is 32.2. The van der Waals surface area contributed by atoms with Crippen LogP contribution in [0.15, 0.2) is 91.6 Å². The van der Waals surface area contributed by atoms with Crippen molar-refractivity contribution in [1.29, 1.82) is 0 Å². The predicted molar refractivity (Wildman–Crippen MR) is 138 cm³/mol. The molecule has 1 amide bonds. The van der Waals surface area contributed by atoms with Gasteiger partial charge in [-0.15, -0.1) is 0 Å². The number of nitrogens with one attached hydrogen (secondary N) is 1. The van der Waals surface area contributed by atoms with Gasteiger partial charge in [0.2, 0.25) is 5.78 Å². The van der Waals surface area contributed by atoms with E-state index in [9.17, 15) is 17.6 Å². The van der Waals surface area contributed by atoms with Gasteiger partial charge in [0, 0.05) is 55.6 Å². The molecule has 5 aromatic rings. The first kappa shape index (κ1) is 24.9. The number of carbonyl (C=O) groups is 1. The van der Waals surface area contributed by atoms with E-state index < -0.39 is 26.5 Å². The standard InChI is InChI=1S/C27H21FN6O3S/c1-33-15-12-24(31-33)27(13-11-20-7-9-23(28)10-8-20,17-21-18-30-26-29-14-16-34(26)19-21)38(36,37)32-25(35)22-5-3-2-4-6-22/h2-10,12,14-16,18-19H,17H2,1H3,(H,32,35). The van der Waals surface area contributed by atoms with Crippen LogP contribution in [-0.2, 0) is 28.2 Å². The molecule has 0 fully saturated rings. The van der Waals surface area contributed by atoms with Crippen LogP contribution in [-0.4, -0.2) is 38.5 Å². The maximum Gasteiger partial charge on any atom is 0.264 e. The van der Waals surface area contributed by atoms with Crippen LogP contribution in [0.25, 0.3) is 5.78 Å². The van der Waals surface area contributed by atoms with Gasteiger partial charge in [-0.1, -0.05) is 30.0 Å². The normalized spacial score (nSPS) is 12.9. The van der Waals surface area contributed by atoms with Crippen molar-refractivity contribution in [3.8, 4) is 11.8 Å². The molecule has 3 heterocycles. The zero-order chi connectivity index (χ0) is 26.8. The number of amides is 1. The highest BCUT2D eigenvalue weighted by molar-refractivity contribution is 7.91. The first-order valence-electron chi connectivity index (χ1n) is 11.4. The Morgan fingerprint density at radius 1 is 1.05 bits per heavy atom. The Morgan fingerprint density at radius 3 is 2.53 bits per heavy atom. The highest BCUT2D eigenvalue weighted by Gasteiger charge is 2.48. The van der Waals surface area contributed by atoms with Crippen molar-refractivity contribution in [3.63, 3.8) is 0 Å². The fraction of sp³-hybridized carbons (Fsp3) is 0.111. The van der Waals surface area contributed by atoms with Crippen molar-refractivity contribution in [2.75, 3.05) is 0 Å². The van der Waals surface area contributed by atoms with Crippen molar-refractivity contribution in [3.05, 3.63) is 120 Å². The van der Waals surface area contributed by atoms with Crippen LogP contribution < -0.4 is 4.72 Å². The Bertz CT molecular complexity index is 1790. The van der Waals surface area contributed by atoms with Gasteiger partial charge in [-0.3, -0.25) is 13.9 Å². The maximum atomic E-state index is 14.2. The van der Waals surface area contributed by atoms with E-state index in [1.807, 2.05) is 0 Å². The lowest BCUT2D eigenvalue weighted by Gasteiger charge is -2.27. The summed E-state index contributed by atoms with van der Waals surface area (Å²) in [6.45, 7) is 0. The van der Waals surface area contributed by atoms with Gasteiger partial charge in [0.05, 0.1) is 5.69 Å². The summed E-state index contributed by atoms with van der Waals surface area (Å²) in [5.41, 5.74) is 1.17. The summed E-state index contributed by atoms with van der Waals surface area (Å²) in [4.78, 5) is 21.4. The molecule has 2 aromatic carbocycles. The van der Waals surface area contributed by atoms with Crippen molar-refractivity contribution in [2.45, 2.75) is 11.2 Å². The highest BCUT2D eigenvalue weighted by Crippen LogP contribution is 2.33. The van der Waals surface area contributed by atoms with Gasteiger partial charge in [0.1, 0.15) is 5.82 Å². The topological polar surface area (TPSA) is 111 Å². The van der Waals surface area contributed by atoms with Crippen molar-refractivity contribution in [2.24, 2.45) is 7.05 Å². The van der Waals surface area contributed by atoms with E-state index in [4.69, 9.17) is 0 Å². The van der Waals surface area contributed by atoms with Crippen LogP contribution in [0.3, 0.4) is 0 Å². The molecule has 0 aliphatic rings. The maximum absolute atomic E-state index is 14.2. The van der Waals surface area contributed by atoms with Gasteiger partial charge in [-0.05, 0) is 48.0 Å². The first-order chi connectivity index (χ1) is 18.3. The van der Waals surface area contributed by atoms with Gasteiger partial charge in [-0.2, -0.15) is 5.10 Å². The molecule has 0 saturated heterocycles. The number of imidazole rings is 1. The van der Waals surface area contributed by atoms with E-state index in [0.29, 0.717) is 16.9 Å². The quantitative estimate of drug-likeness (QED) is 0.340. The number of sulfonamides is 1. The molecule has 38 heavy (non-hydrogen) atoms. The SMILES string of the molecule is Cn1ccc(C(C#Cc2ccc(F)cc2)(Cc2cnc3nccn3c2)S(=O)(=O)NC(=O)c2ccccc2)n1. The molecule has 0 aliphatic heterocycles. The molecule has 1 unspecified atom stereocenters. The summed E-state index contributed by atoms with van der Waals surface area (Å²) in [5, 5.41) is 4.39. The lowest BCUT2D eigenvalue weighted by atomic mass is 9.96. The number of hydrogen-bond acceptors (Lipinski definition) is 6. The van der Waals surface area contributed by atoms with Crippen molar-refractivity contribution >= 4 is 21.7 Å². The van der Waals surface area contributed by atoms with Crippen molar-refractivity contribution in [1.82, 2.24) is 28.9 Å². The number of hydrogen-bond donors (Lipinski definition) is 1. The minimum Gasteiger partial charge on any atom is -0.291 e. The van der Waals surface area contributed by atoms with Crippen LogP contribution in [0.2, 0.25) is 0 Å². The molecule has 1 atom stereocenters. The van der Waals surface area contributed by atoms with E-state index in [-0.39, 0.29) is 17.7 Å². The Labute approximate surface area is 218 Å². The summed E-state index contributed by atoms with van der Waals surface area (Å²) in [7, 11) is -2.91. The second kappa shape index (κ2) is 9.91. The summed E-state index contributed by atoms with van der Waals surface area (Å²) in [5.74, 6) is 4.92. The molecule has 11 heteroatoms. The number of fused-ring (bicyclic) bond motifs is 1. The minimum atomic E-state index is -4.56. The molecule has 0 saturated carbocycles. The van der Waals surface area contributed by atoms with Crippen molar-refractivity contribution < 1.29 is 17.6 Å². The number of aryl methyl sites for hydroxylation is 1. The number of rotatable bonds is 6. The number of benzene rings is 2. The monoisotopic (exact) mass is 528 g/mol. The first-order valence-corrected chi connectivity index (χ1v) is 12.9. The van der Waals surface area contributed by atoms with E-state index in [0.717, 1.165) is 0 Å². The average molecular weight is 529 g/mol. The van der Waals surface area contributed by atoms with Gasteiger partial charge < -0.3 is 0 Å². The Kier molecular flexibility index (Phi) is 6.48. The fourth-order valence-electron chi connectivity index (χ4n) is 3.93. The predicted octanol–water partition coefficient (Wildman–Crippen LogP) is 2.85. The van der Waals surface area contributed by atoms with Crippen LogP contribution >= 0.6 is 0 Å². The Morgan fingerprint density at radius 2 is 1.82 bits per heavy atom. The van der Waals surface area contributed by atoms with Gasteiger partial charge in [0.15, 0.2) is 4.75 Å². The molecular weight excluding hydrogens is 507 g/mol. The third kappa shape index (κ3) is 4.89. The molecule has 0 radical (unpaired) electrons. The smallest absolute Gasteiger partial charge is 0.264 e. The molecule has 1 N–H and O–H groups in total. The Balaban J connectivity index is 1.69. The minimum absolute atomic E-state index is 0.105. The zero-order valence-electron chi connectivity index (χ0n) is 20.1. The number of halogens is 1.